The summed E-state index contributed by atoms with van der Waals surface area (Å²) >= 11 is 18.7. The van der Waals surface area contributed by atoms with Gasteiger partial charge in [0.15, 0.2) is 5.69 Å². The quantitative estimate of drug-likeness (QED) is 0.276. The van der Waals surface area contributed by atoms with Crippen molar-refractivity contribution < 1.29 is 4.79 Å². The molecule has 0 fully saturated rings. The molecule has 3 aromatic carbocycles. The van der Waals surface area contributed by atoms with E-state index in [9.17, 15) is 4.79 Å². The average Bonchev–Trinajstić information content (AvgIpc) is 3.18. The van der Waals surface area contributed by atoms with E-state index in [1.54, 1.807) is 22.9 Å². The maximum Gasteiger partial charge on any atom is 0.272 e. The van der Waals surface area contributed by atoms with Gasteiger partial charge in [-0.05, 0) is 73.9 Å². The molecule has 0 bridgehead atoms. The molecule has 0 unspecified atom stereocenters. The molecular weight excluding hydrogens is 501 g/mol. The highest BCUT2D eigenvalue weighted by atomic mass is 35.5. The Morgan fingerprint density at radius 3 is 2.29 bits per heavy atom. The number of hydrogen-bond acceptors (Lipinski definition) is 2. The maximum absolute atomic E-state index is 13.3. The third kappa shape index (κ3) is 5.62. The zero-order valence-corrected chi connectivity index (χ0v) is 21.8. The van der Waals surface area contributed by atoms with Crippen LogP contribution in [0.2, 0.25) is 15.1 Å². The van der Waals surface area contributed by atoms with Crippen LogP contribution >= 0.6 is 34.8 Å². The lowest BCUT2D eigenvalue weighted by molar-refractivity contribution is 0.0934. The van der Waals surface area contributed by atoms with Gasteiger partial charge in [-0.2, -0.15) is 5.10 Å². The van der Waals surface area contributed by atoms with Crippen LogP contribution in [0.5, 0.6) is 0 Å². The van der Waals surface area contributed by atoms with Crippen LogP contribution in [0.25, 0.3) is 17.3 Å². The van der Waals surface area contributed by atoms with Gasteiger partial charge >= 0.3 is 0 Å². The number of aromatic nitrogens is 2. The van der Waals surface area contributed by atoms with Gasteiger partial charge in [0.1, 0.15) is 0 Å². The fraction of sp³-hybridized carbons (Fsp3) is 0.143. The first-order chi connectivity index (χ1) is 16.7. The van der Waals surface area contributed by atoms with E-state index in [1.165, 1.54) is 0 Å². The van der Waals surface area contributed by atoms with Crippen molar-refractivity contribution in [3.05, 3.63) is 116 Å². The molecular formula is C28H24Cl3N3O. The highest BCUT2D eigenvalue weighted by molar-refractivity contribution is 6.35. The van der Waals surface area contributed by atoms with E-state index < -0.39 is 0 Å². The molecule has 0 aliphatic rings. The Balaban J connectivity index is 1.79. The first-order valence-electron chi connectivity index (χ1n) is 11.1. The van der Waals surface area contributed by atoms with E-state index in [1.807, 2.05) is 81.4 Å². The molecule has 4 nitrogen and oxygen atoms in total. The predicted molar refractivity (Wildman–Crippen MR) is 146 cm³/mol. The van der Waals surface area contributed by atoms with Crippen molar-refractivity contribution in [1.29, 1.82) is 0 Å². The van der Waals surface area contributed by atoms with Gasteiger partial charge in [-0.15, -0.1) is 0 Å². The Bertz CT molecular complexity index is 1390. The Morgan fingerprint density at radius 1 is 0.971 bits per heavy atom. The largest absolute Gasteiger partial charge is 0.344 e. The lowest BCUT2D eigenvalue weighted by Gasteiger charge is -2.13. The Hall–Kier alpha value is -3.05. The van der Waals surface area contributed by atoms with E-state index in [4.69, 9.17) is 39.9 Å². The van der Waals surface area contributed by atoms with Crippen LogP contribution in [0.15, 0.2) is 72.8 Å². The van der Waals surface area contributed by atoms with Gasteiger partial charge in [0, 0.05) is 15.6 Å². The van der Waals surface area contributed by atoms with Gasteiger partial charge in [0.05, 0.1) is 22.4 Å². The van der Waals surface area contributed by atoms with Gasteiger partial charge < -0.3 is 5.32 Å². The summed E-state index contributed by atoms with van der Waals surface area (Å²) in [6.45, 7) is 5.82. The van der Waals surface area contributed by atoms with Crippen LogP contribution in [-0.2, 0) is 0 Å². The highest BCUT2D eigenvalue weighted by Crippen LogP contribution is 2.31. The molecule has 0 radical (unpaired) electrons. The SMILES string of the molecule is C/C(=C\c1ccc(Cl)cc1)c1c(C)c(C(=O)N[C@H](C)c2ccccc2)nn1-c1ccc(Cl)cc1Cl. The summed E-state index contributed by atoms with van der Waals surface area (Å²) in [6, 6.07) is 22.4. The molecule has 1 heterocycles. The lowest BCUT2D eigenvalue weighted by Crippen LogP contribution is -2.27. The average molecular weight is 525 g/mol. The van der Waals surface area contributed by atoms with E-state index >= 15 is 0 Å². The van der Waals surface area contributed by atoms with Gasteiger partial charge in [-0.25, -0.2) is 4.68 Å². The molecule has 1 amide bonds. The fourth-order valence-corrected chi connectivity index (χ4v) is 4.58. The molecule has 0 saturated carbocycles. The van der Waals surface area contributed by atoms with E-state index in [0.717, 1.165) is 28.0 Å². The van der Waals surface area contributed by atoms with Crippen molar-refractivity contribution in [3.8, 4) is 5.69 Å². The number of benzene rings is 3. The number of allylic oxidation sites excluding steroid dienone is 1. The molecule has 1 aromatic heterocycles. The van der Waals surface area contributed by atoms with Crippen molar-refractivity contribution in [3.63, 3.8) is 0 Å². The van der Waals surface area contributed by atoms with Crippen LogP contribution in [0, 0.1) is 6.92 Å². The molecule has 1 N–H and O–H groups in total. The molecule has 1 atom stereocenters. The Kier molecular flexibility index (Phi) is 7.66. The Labute approximate surface area is 220 Å². The molecule has 35 heavy (non-hydrogen) atoms. The van der Waals surface area contributed by atoms with Crippen LogP contribution in [-0.4, -0.2) is 15.7 Å². The van der Waals surface area contributed by atoms with E-state index in [2.05, 4.69) is 5.32 Å². The summed E-state index contributed by atoms with van der Waals surface area (Å²) in [7, 11) is 0. The number of amides is 1. The van der Waals surface area contributed by atoms with Crippen molar-refractivity contribution in [2.75, 3.05) is 0 Å². The molecule has 4 aromatic rings. The first-order valence-corrected chi connectivity index (χ1v) is 12.2. The van der Waals surface area contributed by atoms with Crippen molar-refractivity contribution in [2.45, 2.75) is 26.8 Å². The van der Waals surface area contributed by atoms with Gasteiger partial charge in [-0.3, -0.25) is 4.79 Å². The minimum atomic E-state index is -0.261. The summed E-state index contributed by atoms with van der Waals surface area (Å²) in [6.07, 6.45) is 2.02. The van der Waals surface area contributed by atoms with Crippen molar-refractivity contribution >= 4 is 52.4 Å². The number of nitrogens with zero attached hydrogens (tertiary/aromatic N) is 2. The fourth-order valence-electron chi connectivity index (χ4n) is 3.97. The summed E-state index contributed by atoms with van der Waals surface area (Å²) in [5, 5.41) is 9.39. The zero-order valence-electron chi connectivity index (χ0n) is 19.5. The van der Waals surface area contributed by atoms with Crippen LogP contribution in [0.3, 0.4) is 0 Å². The lowest BCUT2D eigenvalue weighted by atomic mass is 10.0. The molecule has 0 saturated heterocycles. The van der Waals surface area contributed by atoms with Crippen LogP contribution < -0.4 is 5.32 Å². The topological polar surface area (TPSA) is 46.9 Å². The second-order valence-corrected chi connectivity index (χ2v) is 9.59. The van der Waals surface area contributed by atoms with Crippen molar-refractivity contribution in [2.24, 2.45) is 0 Å². The van der Waals surface area contributed by atoms with E-state index in [-0.39, 0.29) is 11.9 Å². The molecule has 178 valence electrons. The number of rotatable bonds is 6. The van der Waals surface area contributed by atoms with Gasteiger partial charge in [0.25, 0.3) is 5.91 Å². The first kappa shape index (κ1) is 25.1. The predicted octanol–water partition coefficient (Wildman–Crippen LogP) is 8.19. The summed E-state index contributed by atoms with van der Waals surface area (Å²) < 4.78 is 1.71. The molecule has 0 aliphatic heterocycles. The zero-order chi connectivity index (χ0) is 25.1. The molecule has 0 aliphatic carbocycles. The number of carbonyl (C=O) groups excluding carboxylic acids is 1. The monoisotopic (exact) mass is 523 g/mol. The standard InChI is InChI=1S/C28H24Cl3N3O/c1-17(15-20-9-11-22(29)12-10-20)27-18(2)26(28(35)32-19(3)21-7-5-4-6-8-21)33-34(27)25-14-13-23(30)16-24(25)31/h4-16,19H,1-3H3,(H,32,35)/b17-15+/t19-/m1/s1. The minimum Gasteiger partial charge on any atom is -0.344 e. The second kappa shape index (κ2) is 10.7. The third-order valence-corrected chi connectivity index (χ3v) is 6.54. The number of nitrogens with one attached hydrogen (secondary N) is 1. The smallest absolute Gasteiger partial charge is 0.272 e. The maximum atomic E-state index is 13.3. The minimum absolute atomic E-state index is 0.179. The summed E-state index contributed by atoms with van der Waals surface area (Å²) in [4.78, 5) is 13.3. The molecule has 0 spiro atoms. The van der Waals surface area contributed by atoms with Crippen molar-refractivity contribution in [1.82, 2.24) is 15.1 Å². The normalized spacial score (nSPS) is 12.5. The highest BCUT2D eigenvalue weighted by Gasteiger charge is 2.24. The third-order valence-electron chi connectivity index (χ3n) is 5.75. The summed E-state index contributed by atoms with van der Waals surface area (Å²) in [5.74, 6) is -0.261. The van der Waals surface area contributed by atoms with Crippen LogP contribution in [0.1, 0.15) is 52.8 Å². The number of halogens is 3. The van der Waals surface area contributed by atoms with Gasteiger partial charge in [0.2, 0.25) is 0 Å². The van der Waals surface area contributed by atoms with Gasteiger partial charge in [-0.1, -0.05) is 77.3 Å². The number of carbonyl (C=O) groups is 1. The van der Waals surface area contributed by atoms with E-state index in [0.29, 0.717) is 26.4 Å². The summed E-state index contributed by atoms with van der Waals surface area (Å²) in [5.41, 5.74) is 5.39. The second-order valence-electron chi connectivity index (χ2n) is 8.31. The molecule has 7 heteroatoms. The number of hydrogen-bond donors (Lipinski definition) is 1. The van der Waals surface area contributed by atoms with Crippen LogP contribution in [0.4, 0.5) is 0 Å². The Morgan fingerprint density at radius 2 is 1.63 bits per heavy atom. The molecule has 4 rings (SSSR count).